The molecule has 0 radical (unpaired) electrons. The molecule has 0 aliphatic heterocycles. The number of halogens is 1. The highest BCUT2D eigenvalue weighted by molar-refractivity contribution is 9.10. The van der Waals surface area contributed by atoms with Gasteiger partial charge in [-0.25, -0.2) is 0 Å². The van der Waals surface area contributed by atoms with E-state index >= 15 is 0 Å². The van der Waals surface area contributed by atoms with Crippen molar-refractivity contribution in [2.45, 2.75) is 0 Å². The molecule has 0 aliphatic carbocycles. The second kappa shape index (κ2) is 5.70. The topological polar surface area (TPSA) is 92.5 Å². The van der Waals surface area contributed by atoms with Crippen molar-refractivity contribution in [3.63, 3.8) is 0 Å². The van der Waals surface area contributed by atoms with Gasteiger partial charge in [0.05, 0.1) is 10.6 Å². The second-order valence-electron chi connectivity index (χ2n) is 3.92. The summed E-state index contributed by atoms with van der Waals surface area (Å²) >= 11 is 3.17. The number of aromatic hydroxyl groups is 1. The van der Waals surface area contributed by atoms with Gasteiger partial charge < -0.3 is 10.4 Å². The van der Waals surface area contributed by atoms with Gasteiger partial charge in [-0.05, 0) is 46.3 Å². The molecule has 0 fully saturated rings. The molecule has 2 aromatic carbocycles. The summed E-state index contributed by atoms with van der Waals surface area (Å²) in [7, 11) is 0. The first kappa shape index (κ1) is 14.0. The fourth-order valence-corrected chi connectivity index (χ4v) is 1.99. The van der Waals surface area contributed by atoms with Gasteiger partial charge in [-0.1, -0.05) is 0 Å². The molecular weight excluding hydrogens is 328 g/mol. The van der Waals surface area contributed by atoms with E-state index in [4.69, 9.17) is 5.11 Å². The lowest BCUT2D eigenvalue weighted by Crippen LogP contribution is -2.12. The van der Waals surface area contributed by atoms with Gasteiger partial charge in [-0.2, -0.15) is 0 Å². The molecule has 20 heavy (non-hydrogen) atoms. The van der Waals surface area contributed by atoms with E-state index in [1.54, 1.807) is 0 Å². The minimum Gasteiger partial charge on any atom is -0.508 e. The Morgan fingerprint density at radius 2 is 1.85 bits per heavy atom. The minimum atomic E-state index is -0.518. The third-order valence-electron chi connectivity index (χ3n) is 2.54. The third kappa shape index (κ3) is 3.12. The van der Waals surface area contributed by atoms with E-state index in [9.17, 15) is 14.9 Å². The maximum absolute atomic E-state index is 11.9. The lowest BCUT2D eigenvalue weighted by Gasteiger charge is -2.07. The van der Waals surface area contributed by atoms with Gasteiger partial charge in [0, 0.05) is 22.2 Å². The van der Waals surface area contributed by atoms with Crippen molar-refractivity contribution in [3.8, 4) is 5.75 Å². The van der Waals surface area contributed by atoms with Crippen LogP contribution in [-0.4, -0.2) is 15.9 Å². The molecule has 102 valence electrons. The van der Waals surface area contributed by atoms with E-state index in [1.165, 1.54) is 42.5 Å². The number of carbonyl (C=O) groups excluding carboxylic acids is 1. The molecule has 0 saturated heterocycles. The fraction of sp³-hybridized carbons (Fsp3) is 0. The molecule has 6 nitrogen and oxygen atoms in total. The summed E-state index contributed by atoms with van der Waals surface area (Å²) in [6.07, 6.45) is 0. The summed E-state index contributed by atoms with van der Waals surface area (Å²) in [5.74, 6) is -0.308. The molecule has 0 aliphatic rings. The molecule has 2 aromatic rings. The van der Waals surface area contributed by atoms with Crippen LogP contribution in [-0.2, 0) is 0 Å². The van der Waals surface area contributed by atoms with Crippen LogP contribution < -0.4 is 5.32 Å². The minimum absolute atomic E-state index is 0.0677. The summed E-state index contributed by atoms with van der Waals surface area (Å²) in [5.41, 5.74) is 0.723. The van der Waals surface area contributed by atoms with Crippen molar-refractivity contribution < 1.29 is 14.8 Å². The van der Waals surface area contributed by atoms with E-state index in [0.29, 0.717) is 15.7 Å². The number of nitro benzene ring substituents is 1. The Balaban J connectivity index is 2.19. The van der Waals surface area contributed by atoms with Crippen molar-refractivity contribution >= 4 is 33.2 Å². The predicted octanol–water partition coefficient (Wildman–Crippen LogP) is 3.32. The van der Waals surface area contributed by atoms with E-state index in [-0.39, 0.29) is 17.3 Å². The van der Waals surface area contributed by atoms with Crippen molar-refractivity contribution in [2.24, 2.45) is 0 Å². The number of amides is 1. The van der Waals surface area contributed by atoms with Gasteiger partial charge in [-0.15, -0.1) is 0 Å². The highest BCUT2D eigenvalue weighted by atomic mass is 79.9. The van der Waals surface area contributed by atoms with Gasteiger partial charge in [0.15, 0.2) is 0 Å². The molecule has 1 amide bonds. The predicted molar refractivity (Wildman–Crippen MR) is 76.9 cm³/mol. The van der Waals surface area contributed by atoms with Crippen molar-refractivity contribution in [1.29, 1.82) is 0 Å². The number of non-ortho nitro benzene ring substituents is 1. The first-order chi connectivity index (χ1) is 9.47. The van der Waals surface area contributed by atoms with E-state index in [2.05, 4.69) is 21.2 Å². The molecule has 0 spiro atoms. The van der Waals surface area contributed by atoms with Crippen LogP contribution in [0.5, 0.6) is 5.75 Å². The summed E-state index contributed by atoms with van der Waals surface area (Å²) in [6.45, 7) is 0. The molecule has 0 aromatic heterocycles. The number of hydrogen-bond acceptors (Lipinski definition) is 4. The van der Waals surface area contributed by atoms with Crippen LogP contribution in [0.3, 0.4) is 0 Å². The molecule has 7 heteroatoms. The Morgan fingerprint density at radius 3 is 2.40 bits per heavy atom. The van der Waals surface area contributed by atoms with E-state index < -0.39 is 4.92 Å². The smallest absolute Gasteiger partial charge is 0.270 e. The Morgan fingerprint density at radius 1 is 1.20 bits per heavy atom. The molecule has 0 heterocycles. The summed E-state index contributed by atoms with van der Waals surface area (Å²) in [6, 6.07) is 9.82. The standard InChI is InChI=1S/C13H9BrN2O4/c14-11-7-9(16(19)20)3-6-12(11)15-13(18)8-1-4-10(17)5-2-8/h1-7,17H,(H,15,18). The molecule has 2 rings (SSSR count). The normalized spacial score (nSPS) is 10.1. The summed E-state index contributed by atoms with van der Waals surface area (Å²) in [5, 5.41) is 22.4. The SMILES string of the molecule is O=C(Nc1ccc([N+](=O)[O-])cc1Br)c1ccc(O)cc1. The molecule has 0 bridgehead atoms. The Kier molecular flexibility index (Phi) is 3.99. The molecule has 0 atom stereocenters. The van der Waals surface area contributed by atoms with Crippen molar-refractivity contribution in [2.75, 3.05) is 5.32 Å². The Bertz CT molecular complexity index is 671. The van der Waals surface area contributed by atoms with Crippen LogP contribution in [0.15, 0.2) is 46.9 Å². The molecular formula is C13H9BrN2O4. The fourth-order valence-electron chi connectivity index (χ4n) is 1.53. The van der Waals surface area contributed by atoms with Crippen molar-refractivity contribution in [1.82, 2.24) is 0 Å². The summed E-state index contributed by atoms with van der Waals surface area (Å²) in [4.78, 5) is 22.0. The van der Waals surface area contributed by atoms with E-state index in [0.717, 1.165) is 0 Å². The van der Waals surface area contributed by atoms with Gasteiger partial charge in [0.1, 0.15) is 5.75 Å². The zero-order valence-corrected chi connectivity index (χ0v) is 11.6. The zero-order valence-electron chi connectivity index (χ0n) is 10.0. The quantitative estimate of drug-likeness (QED) is 0.664. The summed E-state index contributed by atoms with van der Waals surface area (Å²) < 4.78 is 0.416. The Labute approximate surface area is 122 Å². The van der Waals surface area contributed by atoms with Crippen LogP contribution in [0.4, 0.5) is 11.4 Å². The molecule has 0 unspecified atom stereocenters. The first-order valence-electron chi connectivity index (χ1n) is 5.51. The maximum atomic E-state index is 11.9. The third-order valence-corrected chi connectivity index (χ3v) is 3.20. The number of nitrogens with zero attached hydrogens (tertiary/aromatic N) is 1. The van der Waals surface area contributed by atoms with E-state index in [1.807, 2.05) is 0 Å². The maximum Gasteiger partial charge on any atom is 0.270 e. The number of phenolic OH excluding ortho intramolecular Hbond substituents is 1. The number of hydrogen-bond donors (Lipinski definition) is 2. The van der Waals surface area contributed by atoms with Gasteiger partial charge in [-0.3, -0.25) is 14.9 Å². The highest BCUT2D eigenvalue weighted by Crippen LogP contribution is 2.27. The number of phenols is 1. The molecule has 0 saturated carbocycles. The largest absolute Gasteiger partial charge is 0.508 e. The van der Waals surface area contributed by atoms with Gasteiger partial charge in [0.2, 0.25) is 0 Å². The number of rotatable bonds is 3. The number of nitro groups is 1. The monoisotopic (exact) mass is 336 g/mol. The number of benzene rings is 2. The Hall–Kier alpha value is -2.41. The number of carbonyl (C=O) groups is 1. The first-order valence-corrected chi connectivity index (χ1v) is 6.31. The average Bonchev–Trinajstić information content (AvgIpc) is 2.41. The van der Waals surface area contributed by atoms with Crippen LogP contribution in [0.2, 0.25) is 0 Å². The second-order valence-corrected chi connectivity index (χ2v) is 4.78. The number of nitrogens with one attached hydrogen (secondary N) is 1. The van der Waals surface area contributed by atoms with Gasteiger partial charge in [0.25, 0.3) is 11.6 Å². The lowest BCUT2D eigenvalue weighted by molar-refractivity contribution is -0.384. The van der Waals surface area contributed by atoms with Crippen LogP contribution in [0.25, 0.3) is 0 Å². The van der Waals surface area contributed by atoms with Crippen LogP contribution >= 0.6 is 15.9 Å². The van der Waals surface area contributed by atoms with Gasteiger partial charge >= 0.3 is 0 Å². The van der Waals surface area contributed by atoms with Crippen LogP contribution in [0, 0.1) is 10.1 Å². The zero-order chi connectivity index (χ0) is 14.7. The highest BCUT2D eigenvalue weighted by Gasteiger charge is 2.12. The van der Waals surface area contributed by atoms with Crippen LogP contribution in [0.1, 0.15) is 10.4 Å². The van der Waals surface area contributed by atoms with Crippen molar-refractivity contribution in [3.05, 3.63) is 62.6 Å². The lowest BCUT2D eigenvalue weighted by atomic mass is 10.2. The number of anilines is 1. The average molecular weight is 337 g/mol. The molecule has 2 N–H and O–H groups in total.